The van der Waals surface area contributed by atoms with Crippen molar-refractivity contribution >= 4 is 33.2 Å². The van der Waals surface area contributed by atoms with Crippen LogP contribution in [0.2, 0.25) is 0 Å². The molecule has 0 aromatic carbocycles. The highest BCUT2D eigenvalue weighted by molar-refractivity contribution is 9.09. The van der Waals surface area contributed by atoms with Gasteiger partial charge in [0.15, 0.2) is 0 Å². The maximum absolute atomic E-state index is 12.0. The molecule has 0 saturated heterocycles. The molecule has 0 spiro atoms. The van der Waals surface area contributed by atoms with Crippen LogP contribution in [0.1, 0.15) is 9.67 Å². The van der Waals surface area contributed by atoms with E-state index >= 15 is 0 Å². The Morgan fingerprint density at radius 2 is 2.29 bits per heavy atom. The van der Waals surface area contributed by atoms with Crippen LogP contribution in [0.4, 0.5) is 0 Å². The van der Waals surface area contributed by atoms with Crippen LogP contribution in [0.25, 0.3) is 0 Å². The summed E-state index contributed by atoms with van der Waals surface area (Å²) in [5, 5.41) is 1.82. The molecule has 17 heavy (non-hydrogen) atoms. The van der Waals surface area contributed by atoms with Crippen molar-refractivity contribution in [1.29, 1.82) is 0 Å². The van der Waals surface area contributed by atoms with E-state index in [1.54, 1.807) is 32.2 Å². The highest BCUT2D eigenvalue weighted by Crippen LogP contribution is 2.22. The first kappa shape index (κ1) is 14.5. The summed E-state index contributed by atoms with van der Waals surface area (Å²) >= 11 is 4.85. The van der Waals surface area contributed by atoms with Crippen LogP contribution in [0, 0.1) is 0 Å². The minimum absolute atomic E-state index is 0.00106. The number of ether oxygens (including phenoxy) is 2. The summed E-state index contributed by atoms with van der Waals surface area (Å²) in [6, 6.07) is 1.75. The Hall–Kier alpha value is -0.590. The molecule has 0 saturated carbocycles. The van der Waals surface area contributed by atoms with E-state index in [-0.39, 0.29) is 10.7 Å². The predicted molar refractivity (Wildman–Crippen MR) is 72.4 cm³/mol. The molecule has 1 amide bonds. The van der Waals surface area contributed by atoms with Crippen LogP contribution in [-0.4, -0.2) is 50.1 Å². The summed E-state index contributed by atoms with van der Waals surface area (Å²) in [7, 11) is 5.01. The quantitative estimate of drug-likeness (QED) is 0.754. The van der Waals surface area contributed by atoms with Crippen LogP contribution in [0.15, 0.2) is 11.4 Å². The minimum atomic E-state index is -0.00106. The molecule has 0 fully saturated rings. The van der Waals surface area contributed by atoms with E-state index in [9.17, 15) is 4.79 Å². The van der Waals surface area contributed by atoms with Crippen LogP contribution in [-0.2, 0) is 4.74 Å². The van der Waals surface area contributed by atoms with Crippen LogP contribution >= 0.6 is 27.3 Å². The molecule has 1 heterocycles. The SMILES string of the molecule is COCC(Br)CN(C)C(=O)c1cc(OC)cs1. The van der Waals surface area contributed by atoms with Gasteiger partial charge in [0.05, 0.1) is 23.4 Å². The number of hydrogen-bond donors (Lipinski definition) is 0. The lowest BCUT2D eigenvalue weighted by molar-refractivity contribution is 0.0788. The van der Waals surface area contributed by atoms with Gasteiger partial charge in [-0.3, -0.25) is 4.79 Å². The second-order valence-electron chi connectivity index (χ2n) is 3.59. The highest BCUT2D eigenvalue weighted by atomic mass is 79.9. The standard InChI is InChI=1S/C11H16BrNO3S/c1-13(5-8(12)6-15-2)11(14)10-4-9(16-3)7-17-10/h4,7-8H,5-6H2,1-3H3. The number of hydrogen-bond acceptors (Lipinski definition) is 4. The molecule has 1 atom stereocenters. The number of halogens is 1. The molecule has 96 valence electrons. The monoisotopic (exact) mass is 321 g/mol. The van der Waals surface area contributed by atoms with Gasteiger partial charge >= 0.3 is 0 Å². The molecule has 0 aliphatic carbocycles. The van der Waals surface area contributed by atoms with Gasteiger partial charge in [-0.25, -0.2) is 0 Å². The van der Waals surface area contributed by atoms with Crippen LogP contribution in [0.5, 0.6) is 5.75 Å². The first-order valence-corrected chi connectivity index (χ1v) is 6.89. The number of carbonyl (C=O) groups is 1. The smallest absolute Gasteiger partial charge is 0.263 e. The zero-order valence-corrected chi connectivity index (χ0v) is 12.5. The molecule has 0 radical (unpaired) electrons. The molecule has 1 unspecified atom stereocenters. The molecule has 1 rings (SSSR count). The second kappa shape index (κ2) is 6.98. The maximum atomic E-state index is 12.0. The van der Waals surface area contributed by atoms with E-state index in [1.807, 2.05) is 5.38 Å². The fourth-order valence-electron chi connectivity index (χ4n) is 1.34. The fourth-order valence-corrected chi connectivity index (χ4v) is 2.89. The summed E-state index contributed by atoms with van der Waals surface area (Å²) in [6.07, 6.45) is 0. The molecule has 1 aromatic rings. The number of carbonyl (C=O) groups excluding carboxylic acids is 1. The molecular formula is C11H16BrNO3S. The van der Waals surface area contributed by atoms with Crippen molar-refractivity contribution < 1.29 is 14.3 Å². The van der Waals surface area contributed by atoms with Crippen molar-refractivity contribution in [2.45, 2.75) is 4.83 Å². The van der Waals surface area contributed by atoms with Crippen LogP contribution < -0.4 is 4.74 Å². The zero-order valence-electron chi connectivity index (χ0n) is 10.1. The maximum Gasteiger partial charge on any atom is 0.263 e. The number of amides is 1. The number of rotatable bonds is 6. The predicted octanol–water partition coefficient (Wildman–Crippen LogP) is 2.24. The molecule has 4 nitrogen and oxygen atoms in total. The van der Waals surface area contributed by atoms with E-state index in [4.69, 9.17) is 9.47 Å². The molecule has 0 aliphatic heterocycles. The Morgan fingerprint density at radius 3 is 2.82 bits per heavy atom. The summed E-state index contributed by atoms with van der Waals surface area (Å²) in [5.41, 5.74) is 0. The summed E-state index contributed by atoms with van der Waals surface area (Å²) in [5.74, 6) is 0.720. The molecule has 1 aromatic heterocycles. The van der Waals surface area contributed by atoms with E-state index in [1.165, 1.54) is 11.3 Å². The van der Waals surface area contributed by atoms with E-state index in [0.717, 1.165) is 5.75 Å². The Bertz CT molecular complexity index is 369. The second-order valence-corrected chi connectivity index (χ2v) is 5.80. The highest BCUT2D eigenvalue weighted by Gasteiger charge is 2.17. The Balaban J connectivity index is 2.57. The molecule has 6 heteroatoms. The van der Waals surface area contributed by atoms with Gasteiger partial charge in [-0.2, -0.15) is 0 Å². The van der Waals surface area contributed by atoms with Gasteiger partial charge < -0.3 is 14.4 Å². The lowest BCUT2D eigenvalue weighted by atomic mass is 10.3. The number of alkyl halides is 1. The Morgan fingerprint density at radius 1 is 1.59 bits per heavy atom. The first-order chi connectivity index (χ1) is 8.08. The Labute approximate surface area is 114 Å². The van der Waals surface area contributed by atoms with Crippen molar-refractivity contribution in [3.63, 3.8) is 0 Å². The van der Waals surface area contributed by atoms with Crippen molar-refractivity contribution in [3.8, 4) is 5.75 Å². The molecule has 0 aliphatic rings. The average Bonchev–Trinajstić information content (AvgIpc) is 2.76. The summed E-state index contributed by atoms with van der Waals surface area (Å²) < 4.78 is 10.1. The normalized spacial score (nSPS) is 12.2. The third-order valence-corrected chi connectivity index (χ3v) is 3.64. The minimum Gasteiger partial charge on any atom is -0.496 e. The van der Waals surface area contributed by atoms with E-state index in [2.05, 4.69) is 15.9 Å². The van der Waals surface area contributed by atoms with Gasteiger partial charge in [0.25, 0.3) is 5.91 Å². The lowest BCUT2D eigenvalue weighted by Crippen LogP contribution is -2.33. The first-order valence-electron chi connectivity index (χ1n) is 5.09. The van der Waals surface area contributed by atoms with Gasteiger partial charge in [0.2, 0.25) is 0 Å². The third-order valence-electron chi connectivity index (χ3n) is 2.19. The van der Waals surface area contributed by atoms with Crippen molar-refractivity contribution in [2.75, 3.05) is 34.4 Å². The molecular weight excluding hydrogens is 306 g/mol. The number of nitrogens with zero attached hydrogens (tertiary/aromatic N) is 1. The zero-order chi connectivity index (χ0) is 12.8. The molecule has 0 bridgehead atoms. The summed E-state index contributed by atoms with van der Waals surface area (Å²) in [6.45, 7) is 1.18. The third kappa shape index (κ3) is 4.29. The van der Waals surface area contributed by atoms with Gasteiger partial charge in [0.1, 0.15) is 5.75 Å². The van der Waals surface area contributed by atoms with E-state index < -0.39 is 0 Å². The average molecular weight is 322 g/mol. The van der Waals surface area contributed by atoms with Gasteiger partial charge in [-0.05, 0) is 0 Å². The Kier molecular flexibility index (Phi) is 5.94. The van der Waals surface area contributed by atoms with Gasteiger partial charge in [0, 0.05) is 32.1 Å². The fraction of sp³-hybridized carbons (Fsp3) is 0.545. The van der Waals surface area contributed by atoms with Gasteiger partial charge in [-0.1, -0.05) is 15.9 Å². The largest absolute Gasteiger partial charge is 0.496 e. The number of methoxy groups -OCH3 is 2. The van der Waals surface area contributed by atoms with Crippen molar-refractivity contribution in [1.82, 2.24) is 4.90 Å². The topological polar surface area (TPSA) is 38.8 Å². The summed E-state index contributed by atoms with van der Waals surface area (Å²) in [4.78, 5) is 14.5. The van der Waals surface area contributed by atoms with Crippen molar-refractivity contribution in [3.05, 3.63) is 16.3 Å². The van der Waals surface area contributed by atoms with Crippen LogP contribution in [0.3, 0.4) is 0 Å². The van der Waals surface area contributed by atoms with Crippen molar-refractivity contribution in [2.24, 2.45) is 0 Å². The lowest BCUT2D eigenvalue weighted by Gasteiger charge is -2.19. The number of thiophene rings is 1. The molecule has 0 N–H and O–H groups in total. The van der Waals surface area contributed by atoms with E-state index in [0.29, 0.717) is 18.0 Å². The van der Waals surface area contributed by atoms with Gasteiger partial charge in [-0.15, -0.1) is 11.3 Å².